The zero-order chi connectivity index (χ0) is 10.4. The van der Waals surface area contributed by atoms with Crippen LogP contribution in [0.25, 0.3) is 0 Å². The van der Waals surface area contributed by atoms with Crippen molar-refractivity contribution in [3.05, 3.63) is 0 Å². The first-order chi connectivity index (χ1) is 6.74. The number of likely N-dealkylation sites (tertiary alicyclic amines) is 1. The van der Waals surface area contributed by atoms with E-state index in [1.807, 2.05) is 0 Å². The lowest BCUT2D eigenvalue weighted by atomic mass is 10.3. The molecule has 0 saturated carbocycles. The highest BCUT2D eigenvalue weighted by Gasteiger charge is 2.12. The van der Waals surface area contributed by atoms with Crippen LogP contribution in [0.15, 0.2) is 0 Å². The Morgan fingerprint density at radius 3 is 2.36 bits per heavy atom. The van der Waals surface area contributed by atoms with Crippen LogP contribution in [-0.4, -0.2) is 48.6 Å². The Morgan fingerprint density at radius 1 is 1.21 bits per heavy atom. The number of hydrogen-bond donors (Lipinski definition) is 0. The summed E-state index contributed by atoms with van der Waals surface area (Å²) in [4.78, 5) is 5.16. The van der Waals surface area contributed by atoms with Gasteiger partial charge in [0, 0.05) is 6.04 Å². The molecule has 0 radical (unpaired) electrons. The highest BCUT2D eigenvalue weighted by atomic mass is 15.2. The molecule has 0 N–H and O–H groups in total. The Bertz CT molecular complexity index is 139. The standard InChI is InChI=1S/C12H26N2/c1-4-14(12(2)3)11-7-10-13-8-5-6-9-13/h12H,4-11H2,1-3H3. The van der Waals surface area contributed by atoms with Crippen molar-refractivity contribution in [2.45, 2.75) is 46.1 Å². The molecule has 0 bridgehead atoms. The lowest BCUT2D eigenvalue weighted by molar-refractivity contribution is 0.214. The van der Waals surface area contributed by atoms with E-state index in [0.29, 0.717) is 6.04 Å². The SMILES string of the molecule is CCN(CCCN1CCCC1)C(C)C. The predicted octanol–water partition coefficient (Wildman–Crippen LogP) is 2.20. The van der Waals surface area contributed by atoms with Gasteiger partial charge in [0.1, 0.15) is 0 Å². The maximum atomic E-state index is 2.61. The van der Waals surface area contributed by atoms with Crippen LogP contribution >= 0.6 is 0 Å². The first-order valence-corrected chi connectivity index (χ1v) is 6.20. The summed E-state index contributed by atoms with van der Waals surface area (Å²) in [6.45, 7) is 13.3. The van der Waals surface area contributed by atoms with Crippen LogP contribution in [0.1, 0.15) is 40.0 Å². The zero-order valence-corrected chi connectivity index (χ0v) is 10.1. The Labute approximate surface area is 89.3 Å². The summed E-state index contributed by atoms with van der Waals surface area (Å²) < 4.78 is 0. The van der Waals surface area contributed by atoms with Crippen LogP contribution in [0.3, 0.4) is 0 Å². The highest BCUT2D eigenvalue weighted by Crippen LogP contribution is 2.08. The van der Waals surface area contributed by atoms with Gasteiger partial charge in [-0.05, 0) is 65.8 Å². The summed E-state index contributed by atoms with van der Waals surface area (Å²) >= 11 is 0. The third kappa shape index (κ3) is 3.97. The van der Waals surface area contributed by atoms with Gasteiger partial charge in [0.15, 0.2) is 0 Å². The second-order valence-electron chi connectivity index (χ2n) is 4.62. The molecule has 1 aliphatic rings. The molecule has 2 heteroatoms. The van der Waals surface area contributed by atoms with Gasteiger partial charge in [0.2, 0.25) is 0 Å². The normalized spacial score (nSPS) is 18.6. The lowest BCUT2D eigenvalue weighted by Gasteiger charge is -2.25. The van der Waals surface area contributed by atoms with E-state index >= 15 is 0 Å². The molecule has 84 valence electrons. The monoisotopic (exact) mass is 198 g/mol. The van der Waals surface area contributed by atoms with Crippen molar-refractivity contribution >= 4 is 0 Å². The van der Waals surface area contributed by atoms with Crippen LogP contribution in [0, 0.1) is 0 Å². The van der Waals surface area contributed by atoms with Crippen molar-refractivity contribution in [2.24, 2.45) is 0 Å². The van der Waals surface area contributed by atoms with Crippen molar-refractivity contribution < 1.29 is 0 Å². The molecule has 0 aromatic rings. The summed E-state index contributed by atoms with van der Waals surface area (Å²) in [6, 6.07) is 0.707. The summed E-state index contributed by atoms with van der Waals surface area (Å²) in [7, 11) is 0. The first-order valence-electron chi connectivity index (χ1n) is 6.20. The van der Waals surface area contributed by atoms with Crippen molar-refractivity contribution in [1.29, 1.82) is 0 Å². The fourth-order valence-corrected chi connectivity index (χ4v) is 2.29. The maximum Gasteiger partial charge on any atom is 0.00384 e. The maximum absolute atomic E-state index is 2.61. The summed E-state index contributed by atoms with van der Waals surface area (Å²) in [5.41, 5.74) is 0. The average molecular weight is 198 g/mol. The smallest absolute Gasteiger partial charge is 0.00384 e. The molecular weight excluding hydrogens is 172 g/mol. The molecule has 1 heterocycles. The third-order valence-corrected chi connectivity index (χ3v) is 3.25. The molecule has 0 spiro atoms. The fourth-order valence-electron chi connectivity index (χ4n) is 2.29. The molecule has 0 aromatic carbocycles. The van der Waals surface area contributed by atoms with Crippen LogP contribution in [0.4, 0.5) is 0 Å². The van der Waals surface area contributed by atoms with E-state index in [1.165, 1.54) is 52.0 Å². The Balaban J connectivity index is 2.06. The molecule has 1 aliphatic heterocycles. The van der Waals surface area contributed by atoms with Gasteiger partial charge in [-0.25, -0.2) is 0 Å². The summed E-state index contributed by atoms with van der Waals surface area (Å²) in [5.74, 6) is 0. The van der Waals surface area contributed by atoms with Gasteiger partial charge < -0.3 is 9.80 Å². The quantitative estimate of drug-likeness (QED) is 0.645. The van der Waals surface area contributed by atoms with Gasteiger partial charge in [-0.15, -0.1) is 0 Å². The summed E-state index contributed by atoms with van der Waals surface area (Å²) in [6.07, 6.45) is 4.18. The largest absolute Gasteiger partial charge is 0.303 e. The molecule has 0 aromatic heterocycles. The minimum Gasteiger partial charge on any atom is -0.303 e. The van der Waals surface area contributed by atoms with E-state index in [-0.39, 0.29) is 0 Å². The van der Waals surface area contributed by atoms with E-state index in [2.05, 4.69) is 30.6 Å². The molecule has 14 heavy (non-hydrogen) atoms. The predicted molar refractivity (Wildman–Crippen MR) is 62.7 cm³/mol. The van der Waals surface area contributed by atoms with Crippen molar-refractivity contribution in [2.75, 3.05) is 32.7 Å². The molecule has 1 rings (SSSR count). The molecular formula is C12H26N2. The second kappa shape index (κ2) is 6.41. The minimum atomic E-state index is 0.707. The molecule has 0 unspecified atom stereocenters. The molecule has 0 aliphatic carbocycles. The summed E-state index contributed by atoms with van der Waals surface area (Å²) in [5, 5.41) is 0. The Hall–Kier alpha value is -0.0800. The van der Waals surface area contributed by atoms with Gasteiger partial charge >= 0.3 is 0 Å². The molecule has 1 saturated heterocycles. The van der Waals surface area contributed by atoms with E-state index < -0.39 is 0 Å². The minimum absolute atomic E-state index is 0.707. The highest BCUT2D eigenvalue weighted by molar-refractivity contribution is 4.67. The van der Waals surface area contributed by atoms with E-state index in [4.69, 9.17) is 0 Å². The van der Waals surface area contributed by atoms with Gasteiger partial charge in [0.05, 0.1) is 0 Å². The molecule has 2 nitrogen and oxygen atoms in total. The fraction of sp³-hybridized carbons (Fsp3) is 1.00. The topological polar surface area (TPSA) is 6.48 Å². The van der Waals surface area contributed by atoms with Crippen molar-refractivity contribution in [3.8, 4) is 0 Å². The lowest BCUT2D eigenvalue weighted by Crippen LogP contribution is -2.33. The van der Waals surface area contributed by atoms with Crippen LogP contribution in [-0.2, 0) is 0 Å². The van der Waals surface area contributed by atoms with E-state index in [9.17, 15) is 0 Å². The first kappa shape index (κ1) is 12.0. The number of hydrogen-bond acceptors (Lipinski definition) is 2. The van der Waals surface area contributed by atoms with Gasteiger partial charge in [-0.1, -0.05) is 6.92 Å². The van der Waals surface area contributed by atoms with E-state index in [0.717, 1.165) is 0 Å². The van der Waals surface area contributed by atoms with Crippen molar-refractivity contribution in [1.82, 2.24) is 9.80 Å². The van der Waals surface area contributed by atoms with Crippen LogP contribution < -0.4 is 0 Å². The van der Waals surface area contributed by atoms with Crippen LogP contribution in [0.5, 0.6) is 0 Å². The molecule has 0 atom stereocenters. The Kier molecular flexibility index (Phi) is 5.49. The zero-order valence-electron chi connectivity index (χ0n) is 10.1. The number of nitrogens with zero attached hydrogens (tertiary/aromatic N) is 2. The van der Waals surface area contributed by atoms with Gasteiger partial charge in [0.25, 0.3) is 0 Å². The van der Waals surface area contributed by atoms with Gasteiger partial charge in [-0.2, -0.15) is 0 Å². The molecule has 0 amide bonds. The number of rotatable bonds is 6. The second-order valence-corrected chi connectivity index (χ2v) is 4.62. The Morgan fingerprint density at radius 2 is 1.86 bits per heavy atom. The van der Waals surface area contributed by atoms with Gasteiger partial charge in [-0.3, -0.25) is 0 Å². The average Bonchev–Trinajstić information content (AvgIpc) is 2.64. The van der Waals surface area contributed by atoms with Crippen molar-refractivity contribution in [3.63, 3.8) is 0 Å². The van der Waals surface area contributed by atoms with E-state index in [1.54, 1.807) is 0 Å². The third-order valence-electron chi connectivity index (χ3n) is 3.25. The molecule has 1 fully saturated rings. The van der Waals surface area contributed by atoms with Crippen LogP contribution in [0.2, 0.25) is 0 Å².